The summed E-state index contributed by atoms with van der Waals surface area (Å²) in [5.41, 5.74) is -0.122. The van der Waals surface area contributed by atoms with Crippen molar-refractivity contribution in [2.24, 2.45) is 5.41 Å². The first-order valence-corrected chi connectivity index (χ1v) is 19.4. The van der Waals surface area contributed by atoms with Gasteiger partial charge in [0.25, 0.3) is 17.7 Å². The second kappa shape index (κ2) is 19.0. The highest BCUT2D eigenvalue weighted by atomic mass is 19.4. The fourth-order valence-corrected chi connectivity index (χ4v) is 7.21. The van der Waals surface area contributed by atoms with Gasteiger partial charge in [-0.25, -0.2) is 0 Å². The predicted octanol–water partition coefficient (Wildman–Crippen LogP) is 6.91. The molecule has 0 spiro atoms. The lowest BCUT2D eigenvalue weighted by Gasteiger charge is -2.24. The average Bonchev–Trinajstić information content (AvgIpc) is 3.58. The second-order valence-corrected chi connectivity index (χ2v) is 15.2. The maximum atomic E-state index is 13.5. The molecule has 0 bridgehead atoms. The molecule has 2 aliphatic heterocycles. The fourth-order valence-electron chi connectivity index (χ4n) is 7.21. The Morgan fingerprint density at radius 1 is 1.00 bits per heavy atom. The van der Waals surface area contributed by atoms with Gasteiger partial charge in [0, 0.05) is 44.2 Å². The van der Waals surface area contributed by atoms with Gasteiger partial charge in [-0.05, 0) is 67.3 Å². The van der Waals surface area contributed by atoms with E-state index in [4.69, 9.17) is 14.7 Å². The van der Waals surface area contributed by atoms with Crippen LogP contribution < -0.4 is 20.1 Å². The van der Waals surface area contributed by atoms with Gasteiger partial charge in [-0.1, -0.05) is 57.7 Å². The van der Waals surface area contributed by atoms with Crippen LogP contribution in [0.2, 0.25) is 0 Å². The first-order chi connectivity index (χ1) is 27.7. The Balaban J connectivity index is 0.984. The number of hydrogen-bond donors (Lipinski definition) is 2. The van der Waals surface area contributed by atoms with Crippen molar-refractivity contribution in [3.63, 3.8) is 0 Å². The lowest BCUT2D eigenvalue weighted by atomic mass is 9.89. The standard InChI is InChI=1S/C43H48F3N5O7/c1-42(2)27-50(41(56)38(42)58-32-19-15-29(24-47)34(23-32)43(44,45)46)25-28-13-16-30(17-14-28)49-21-8-6-4-5-7-9-22-57-35-12-10-11-33-37(35)40(55)51(39(33)54)31(26-52)18-20-36(53)48-3/h10-17,19,23,26,31,38,49H,4-9,18,20-22,25,27H2,1-3H3,(H,48,53). The molecule has 3 aromatic rings. The third kappa shape index (κ3) is 10.3. The number of carbonyl (C=O) groups is 5. The van der Waals surface area contributed by atoms with E-state index in [2.05, 4.69) is 10.6 Å². The zero-order valence-electron chi connectivity index (χ0n) is 32.8. The van der Waals surface area contributed by atoms with Crippen LogP contribution in [0.25, 0.3) is 0 Å². The SMILES string of the molecule is CNC(=O)CCC(C=O)N1C(=O)c2cccc(OCCCCCCCCNc3ccc(CN4CC(C)(C)C(Oc5ccc(C#N)c(C(F)(F)F)c5)C4=O)cc3)c2C1=O. The Bertz CT molecular complexity index is 2030. The topological polar surface area (TPSA) is 158 Å². The van der Waals surface area contributed by atoms with Gasteiger partial charge < -0.3 is 29.8 Å². The third-order valence-corrected chi connectivity index (χ3v) is 10.3. The molecule has 4 amide bonds. The van der Waals surface area contributed by atoms with E-state index < -0.39 is 46.7 Å². The average molecular weight is 804 g/mol. The lowest BCUT2D eigenvalue weighted by Crippen LogP contribution is -2.41. The van der Waals surface area contributed by atoms with Crippen molar-refractivity contribution in [3.05, 3.63) is 88.5 Å². The van der Waals surface area contributed by atoms with Crippen molar-refractivity contribution >= 4 is 35.6 Å². The Labute approximate surface area is 335 Å². The molecule has 1 fully saturated rings. The van der Waals surface area contributed by atoms with Crippen LogP contribution in [0.5, 0.6) is 11.5 Å². The molecule has 3 aromatic carbocycles. The van der Waals surface area contributed by atoms with E-state index in [9.17, 15) is 37.1 Å². The number of anilines is 1. The molecule has 0 aliphatic carbocycles. The van der Waals surface area contributed by atoms with Gasteiger partial charge in [-0.2, -0.15) is 18.4 Å². The van der Waals surface area contributed by atoms with Gasteiger partial charge in [0.2, 0.25) is 5.91 Å². The zero-order chi connectivity index (χ0) is 42.0. The lowest BCUT2D eigenvalue weighted by molar-refractivity contribution is -0.138. The van der Waals surface area contributed by atoms with Crippen LogP contribution in [0, 0.1) is 16.7 Å². The zero-order valence-corrected chi connectivity index (χ0v) is 32.8. The molecule has 1 saturated heterocycles. The summed E-state index contributed by atoms with van der Waals surface area (Å²) in [4.78, 5) is 65.6. The summed E-state index contributed by atoms with van der Waals surface area (Å²) in [5, 5.41) is 15.0. The Kier molecular flexibility index (Phi) is 14.2. The Morgan fingerprint density at radius 3 is 2.38 bits per heavy atom. The largest absolute Gasteiger partial charge is 0.493 e. The van der Waals surface area contributed by atoms with E-state index in [1.54, 1.807) is 23.1 Å². The molecule has 12 nitrogen and oxygen atoms in total. The number of rotatable bonds is 20. The van der Waals surface area contributed by atoms with E-state index in [0.717, 1.165) is 73.4 Å². The van der Waals surface area contributed by atoms with Crippen LogP contribution in [-0.2, 0) is 27.1 Å². The third-order valence-electron chi connectivity index (χ3n) is 10.3. The number of imide groups is 1. The van der Waals surface area contributed by atoms with Crippen molar-refractivity contribution in [2.75, 3.05) is 32.1 Å². The molecule has 0 saturated carbocycles. The summed E-state index contributed by atoms with van der Waals surface area (Å²) in [7, 11) is 1.47. The highest BCUT2D eigenvalue weighted by Gasteiger charge is 2.48. The first kappa shape index (κ1) is 43.2. The van der Waals surface area contributed by atoms with Gasteiger partial charge in [0.15, 0.2) is 6.10 Å². The minimum absolute atomic E-state index is 0.000892. The molecule has 2 atom stereocenters. The van der Waals surface area contributed by atoms with E-state index >= 15 is 0 Å². The van der Waals surface area contributed by atoms with Crippen LogP contribution in [0.1, 0.15) is 103 Å². The van der Waals surface area contributed by atoms with Gasteiger partial charge >= 0.3 is 6.18 Å². The number of halogens is 3. The van der Waals surface area contributed by atoms with Gasteiger partial charge in [0.1, 0.15) is 17.8 Å². The van der Waals surface area contributed by atoms with Crippen molar-refractivity contribution < 1.29 is 46.6 Å². The molecule has 0 radical (unpaired) electrons. The minimum atomic E-state index is -4.74. The number of hydrogen-bond acceptors (Lipinski definition) is 9. The van der Waals surface area contributed by atoms with Gasteiger partial charge in [-0.3, -0.25) is 24.1 Å². The molecule has 58 heavy (non-hydrogen) atoms. The number of unbranched alkanes of at least 4 members (excludes halogenated alkanes) is 5. The van der Waals surface area contributed by atoms with Gasteiger partial charge in [0.05, 0.1) is 41.0 Å². The number of fused-ring (bicyclic) bond motifs is 1. The van der Waals surface area contributed by atoms with E-state index in [1.807, 2.05) is 38.1 Å². The van der Waals surface area contributed by atoms with Crippen molar-refractivity contribution in [3.8, 4) is 17.6 Å². The molecule has 2 aliphatic rings. The van der Waals surface area contributed by atoms with Crippen LogP contribution in [0.15, 0.2) is 60.7 Å². The molecule has 308 valence electrons. The van der Waals surface area contributed by atoms with Gasteiger partial charge in [-0.15, -0.1) is 0 Å². The summed E-state index contributed by atoms with van der Waals surface area (Å²) < 4.78 is 52.2. The fraction of sp³-hybridized carbons (Fsp3) is 0.442. The van der Waals surface area contributed by atoms with Crippen LogP contribution >= 0.6 is 0 Å². The summed E-state index contributed by atoms with van der Waals surface area (Å²) in [6, 6.07) is 16.2. The number of carbonyl (C=O) groups excluding carboxylic acids is 5. The normalized spacial score (nSPS) is 16.5. The maximum Gasteiger partial charge on any atom is 0.417 e. The smallest absolute Gasteiger partial charge is 0.417 e. The second-order valence-electron chi connectivity index (χ2n) is 15.2. The Hall–Kier alpha value is -5.91. The van der Waals surface area contributed by atoms with Crippen molar-refractivity contribution in [2.45, 2.75) is 90.1 Å². The molecule has 2 heterocycles. The minimum Gasteiger partial charge on any atom is -0.493 e. The number of aldehydes is 1. The number of alkyl halides is 3. The van der Waals surface area contributed by atoms with Crippen LogP contribution in [0.3, 0.4) is 0 Å². The first-order valence-electron chi connectivity index (χ1n) is 19.4. The molecular weight excluding hydrogens is 755 g/mol. The number of nitrogens with one attached hydrogen (secondary N) is 2. The van der Waals surface area contributed by atoms with Crippen LogP contribution in [-0.4, -0.2) is 78.6 Å². The highest BCUT2D eigenvalue weighted by Crippen LogP contribution is 2.38. The number of benzene rings is 3. The number of nitriles is 1. The highest BCUT2D eigenvalue weighted by molar-refractivity contribution is 6.23. The molecule has 5 rings (SSSR count). The molecular formula is C43H48F3N5O7. The molecule has 2 unspecified atom stereocenters. The molecule has 2 N–H and O–H groups in total. The number of likely N-dealkylation sites (tertiary alicyclic amines) is 1. The number of amides is 4. The molecule has 0 aromatic heterocycles. The molecule has 15 heteroatoms. The van der Waals surface area contributed by atoms with E-state index in [0.29, 0.717) is 31.7 Å². The van der Waals surface area contributed by atoms with E-state index in [1.165, 1.54) is 19.2 Å². The summed E-state index contributed by atoms with van der Waals surface area (Å²) in [6.45, 7) is 5.49. The summed E-state index contributed by atoms with van der Waals surface area (Å²) in [5.74, 6) is -1.61. The van der Waals surface area contributed by atoms with E-state index in [-0.39, 0.29) is 41.5 Å². The maximum absolute atomic E-state index is 13.5. The Morgan fingerprint density at radius 2 is 1.71 bits per heavy atom. The summed E-state index contributed by atoms with van der Waals surface area (Å²) >= 11 is 0. The predicted molar refractivity (Wildman–Crippen MR) is 208 cm³/mol. The summed E-state index contributed by atoms with van der Waals surface area (Å²) in [6.07, 6.45) is 0.540. The van der Waals surface area contributed by atoms with Crippen molar-refractivity contribution in [1.82, 2.24) is 15.1 Å². The quantitative estimate of drug-likeness (QED) is 0.0704. The number of ether oxygens (including phenoxy) is 2. The monoisotopic (exact) mass is 803 g/mol. The van der Waals surface area contributed by atoms with Crippen LogP contribution in [0.4, 0.5) is 18.9 Å². The van der Waals surface area contributed by atoms with Crippen molar-refractivity contribution in [1.29, 1.82) is 5.26 Å². The number of nitrogens with zero attached hydrogens (tertiary/aromatic N) is 3.